The highest BCUT2D eigenvalue weighted by Crippen LogP contribution is 2.30. The van der Waals surface area contributed by atoms with E-state index in [1.807, 2.05) is 0 Å². The number of sulfonamides is 1. The molecule has 0 bridgehead atoms. The van der Waals surface area contributed by atoms with Gasteiger partial charge in [-0.15, -0.1) is 0 Å². The molecule has 0 saturated carbocycles. The van der Waals surface area contributed by atoms with Crippen LogP contribution in [0.25, 0.3) is 0 Å². The highest BCUT2D eigenvalue weighted by molar-refractivity contribution is 7.92. The zero-order valence-electron chi connectivity index (χ0n) is 16.2. The van der Waals surface area contributed by atoms with Gasteiger partial charge in [0.1, 0.15) is 18.9 Å². The Labute approximate surface area is 178 Å². The molecular weight excluding hydrogens is 421 g/mol. The van der Waals surface area contributed by atoms with Gasteiger partial charge in [-0.25, -0.2) is 12.8 Å². The molecule has 4 rings (SSSR count). The van der Waals surface area contributed by atoms with Gasteiger partial charge in [-0.05, 0) is 48.5 Å². The number of hydrogen-bond acceptors (Lipinski definition) is 4. The van der Waals surface area contributed by atoms with E-state index in [9.17, 15) is 22.4 Å². The number of para-hydroxylation sites is 3. The lowest BCUT2D eigenvalue weighted by Crippen LogP contribution is -2.48. The van der Waals surface area contributed by atoms with Crippen LogP contribution in [0.1, 0.15) is 0 Å². The van der Waals surface area contributed by atoms with Crippen molar-refractivity contribution in [3.8, 4) is 0 Å². The SMILES string of the molecule is O=C1CN(C(=O)CN(c2ccccc2)S(=O)(=O)c2ccc(F)cc2)c2ccccc2N1. The Balaban J connectivity index is 1.72. The number of carbonyl (C=O) groups is 2. The average Bonchev–Trinajstić information content (AvgIpc) is 2.77. The van der Waals surface area contributed by atoms with Gasteiger partial charge < -0.3 is 5.32 Å². The Morgan fingerprint density at radius 2 is 1.61 bits per heavy atom. The summed E-state index contributed by atoms with van der Waals surface area (Å²) in [6.07, 6.45) is 0. The predicted octanol–water partition coefficient (Wildman–Crippen LogP) is 3.01. The molecule has 0 aromatic heterocycles. The summed E-state index contributed by atoms with van der Waals surface area (Å²) < 4.78 is 40.9. The number of nitrogens with zero attached hydrogens (tertiary/aromatic N) is 2. The molecule has 2 amide bonds. The summed E-state index contributed by atoms with van der Waals surface area (Å²) in [7, 11) is -4.18. The molecule has 1 heterocycles. The van der Waals surface area contributed by atoms with E-state index in [1.165, 1.54) is 4.90 Å². The zero-order valence-corrected chi connectivity index (χ0v) is 17.0. The van der Waals surface area contributed by atoms with Crippen LogP contribution in [0.2, 0.25) is 0 Å². The van der Waals surface area contributed by atoms with Crippen LogP contribution in [0.3, 0.4) is 0 Å². The summed E-state index contributed by atoms with van der Waals surface area (Å²) in [6, 6.07) is 19.3. The van der Waals surface area contributed by atoms with Gasteiger partial charge in [-0.2, -0.15) is 0 Å². The first-order chi connectivity index (χ1) is 14.9. The molecule has 0 spiro atoms. The van der Waals surface area contributed by atoms with E-state index in [2.05, 4.69) is 5.32 Å². The normalized spacial score (nSPS) is 13.3. The first-order valence-electron chi connectivity index (χ1n) is 9.39. The third kappa shape index (κ3) is 4.13. The summed E-state index contributed by atoms with van der Waals surface area (Å²) in [5.74, 6) is -1.52. The van der Waals surface area contributed by atoms with Crippen LogP contribution in [-0.2, 0) is 19.6 Å². The molecular formula is C22H18FN3O4S. The maximum Gasteiger partial charge on any atom is 0.264 e. The smallest absolute Gasteiger partial charge is 0.264 e. The zero-order chi connectivity index (χ0) is 22.0. The topological polar surface area (TPSA) is 86.8 Å². The predicted molar refractivity (Wildman–Crippen MR) is 115 cm³/mol. The molecule has 31 heavy (non-hydrogen) atoms. The molecule has 0 radical (unpaired) electrons. The van der Waals surface area contributed by atoms with Crippen molar-refractivity contribution in [2.75, 3.05) is 27.6 Å². The van der Waals surface area contributed by atoms with Crippen molar-refractivity contribution in [1.82, 2.24) is 0 Å². The highest BCUT2D eigenvalue weighted by atomic mass is 32.2. The number of rotatable bonds is 5. The van der Waals surface area contributed by atoms with Crippen molar-refractivity contribution in [1.29, 1.82) is 0 Å². The molecule has 1 aliphatic rings. The van der Waals surface area contributed by atoms with Gasteiger partial charge in [0.05, 0.1) is 22.0 Å². The van der Waals surface area contributed by atoms with E-state index in [1.54, 1.807) is 54.6 Å². The minimum Gasteiger partial charge on any atom is -0.323 e. The summed E-state index contributed by atoms with van der Waals surface area (Å²) >= 11 is 0. The highest BCUT2D eigenvalue weighted by Gasteiger charge is 2.32. The second-order valence-electron chi connectivity index (χ2n) is 6.85. The van der Waals surface area contributed by atoms with Crippen LogP contribution >= 0.6 is 0 Å². The van der Waals surface area contributed by atoms with Crippen molar-refractivity contribution in [2.24, 2.45) is 0 Å². The monoisotopic (exact) mass is 439 g/mol. The van der Waals surface area contributed by atoms with Crippen LogP contribution in [0, 0.1) is 5.82 Å². The fourth-order valence-corrected chi connectivity index (χ4v) is 4.72. The van der Waals surface area contributed by atoms with E-state index in [4.69, 9.17) is 0 Å². The molecule has 9 heteroatoms. The Kier molecular flexibility index (Phi) is 5.43. The number of fused-ring (bicyclic) bond motifs is 1. The average molecular weight is 439 g/mol. The molecule has 0 fully saturated rings. The third-order valence-electron chi connectivity index (χ3n) is 4.80. The van der Waals surface area contributed by atoms with E-state index < -0.39 is 28.3 Å². The molecule has 0 atom stereocenters. The summed E-state index contributed by atoms with van der Waals surface area (Å²) in [5.41, 5.74) is 1.23. The van der Waals surface area contributed by atoms with Gasteiger partial charge in [0.2, 0.25) is 11.8 Å². The molecule has 7 nitrogen and oxygen atoms in total. The molecule has 0 aliphatic carbocycles. The lowest BCUT2D eigenvalue weighted by atomic mass is 10.2. The van der Waals surface area contributed by atoms with Gasteiger partial charge >= 0.3 is 0 Å². The fourth-order valence-electron chi connectivity index (χ4n) is 3.31. The summed E-state index contributed by atoms with van der Waals surface area (Å²) in [4.78, 5) is 26.4. The second kappa shape index (κ2) is 8.19. The van der Waals surface area contributed by atoms with Gasteiger partial charge in [0, 0.05) is 0 Å². The number of amides is 2. The molecule has 0 unspecified atom stereocenters. The number of benzene rings is 3. The number of halogens is 1. The van der Waals surface area contributed by atoms with Crippen LogP contribution in [0.15, 0.2) is 83.8 Å². The minimum absolute atomic E-state index is 0.151. The van der Waals surface area contributed by atoms with Gasteiger partial charge in [-0.3, -0.25) is 18.8 Å². The van der Waals surface area contributed by atoms with Crippen LogP contribution in [0.5, 0.6) is 0 Å². The second-order valence-corrected chi connectivity index (χ2v) is 8.71. The quantitative estimate of drug-likeness (QED) is 0.662. The Morgan fingerprint density at radius 3 is 2.32 bits per heavy atom. The molecule has 3 aromatic carbocycles. The molecule has 3 aromatic rings. The lowest BCUT2D eigenvalue weighted by Gasteiger charge is -2.31. The molecule has 158 valence electrons. The largest absolute Gasteiger partial charge is 0.323 e. The Bertz CT molecular complexity index is 1230. The summed E-state index contributed by atoms with van der Waals surface area (Å²) in [5, 5.41) is 2.69. The van der Waals surface area contributed by atoms with Gasteiger partial charge in [0.25, 0.3) is 10.0 Å². The standard InChI is InChI=1S/C22H18FN3O4S/c23-16-10-12-18(13-11-16)31(29,30)26(17-6-2-1-3-7-17)15-22(28)25-14-21(27)24-19-8-4-5-9-20(19)25/h1-13H,14-15H2,(H,24,27). The van der Waals surface area contributed by atoms with E-state index in [0.29, 0.717) is 11.4 Å². The Hall–Kier alpha value is -3.72. The van der Waals surface area contributed by atoms with Crippen molar-refractivity contribution in [2.45, 2.75) is 4.90 Å². The fraction of sp³-hybridized carbons (Fsp3) is 0.0909. The third-order valence-corrected chi connectivity index (χ3v) is 6.58. The van der Waals surface area contributed by atoms with E-state index in [0.717, 1.165) is 28.6 Å². The molecule has 0 saturated heterocycles. The number of anilines is 3. The van der Waals surface area contributed by atoms with Gasteiger partial charge in [0.15, 0.2) is 0 Å². The van der Waals surface area contributed by atoms with E-state index >= 15 is 0 Å². The first-order valence-corrected chi connectivity index (χ1v) is 10.8. The molecule has 1 aliphatic heterocycles. The van der Waals surface area contributed by atoms with E-state index in [-0.39, 0.29) is 23.0 Å². The minimum atomic E-state index is -4.18. The Morgan fingerprint density at radius 1 is 0.968 bits per heavy atom. The number of carbonyl (C=O) groups excluding carboxylic acids is 2. The number of hydrogen-bond donors (Lipinski definition) is 1. The van der Waals surface area contributed by atoms with Crippen molar-refractivity contribution >= 4 is 38.9 Å². The van der Waals surface area contributed by atoms with Crippen molar-refractivity contribution < 1.29 is 22.4 Å². The van der Waals surface area contributed by atoms with Gasteiger partial charge in [-0.1, -0.05) is 30.3 Å². The summed E-state index contributed by atoms with van der Waals surface area (Å²) in [6.45, 7) is -0.763. The number of nitrogens with one attached hydrogen (secondary N) is 1. The molecule has 1 N–H and O–H groups in total. The van der Waals surface area contributed by atoms with Crippen LogP contribution in [0.4, 0.5) is 21.5 Å². The van der Waals surface area contributed by atoms with Crippen molar-refractivity contribution in [3.63, 3.8) is 0 Å². The maximum absolute atomic E-state index is 13.3. The lowest BCUT2D eigenvalue weighted by molar-refractivity contribution is -0.121. The van der Waals surface area contributed by atoms with Crippen LogP contribution in [-0.4, -0.2) is 33.3 Å². The van der Waals surface area contributed by atoms with Crippen LogP contribution < -0.4 is 14.5 Å². The first kappa shape index (κ1) is 20.5. The maximum atomic E-state index is 13.3. The van der Waals surface area contributed by atoms with Crippen molar-refractivity contribution in [3.05, 3.63) is 84.7 Å².